The second-order valence-electron chi connectivity index (χ2n) is 7.35. The van der Waals surface area contributed by atoms with Crippen molar-refractivity contribution in [2.45, 2.75) is 18.5 Å². The van der Waals surface area contributed by atoms with Gasteiger partial charge in [-0.3, -0.25) is 0 Å². The zero-order valence-corrected chi connectivity index (χ0v) is 21.6. The number of halogens is 2. The molecule has 0 fully saturated rings. The summed E-state index contributed by atoms with van der Waals surface area (Å²) in [4.78, 5) is 0. The number of hydrogen-bond acceptors (Lipinski definition) is 4. The summed E-state index contributed by atoms with van der Waals surface area (Å²) >= 11 is 7.31. The van der Waals surface area contributed by atoms with Crippen LogP contribution in [-0.4, -0.2) is 14.2 Å². The standard InChI is InChI=1S/C27H24Br2O4/c1-30-26-20(15-28)25(29)27(31-2)24-22(33-17-19-11-7-4-8-12-19)14-13-21(23(24)26)32-16-18-9-5-3-6-10-18/h3-14H,15-17H2,1-2H3. The van der Waals surface area contributed by atoms with Crippen LogP contribution < -0.4 is 18.9 Å². The second-order valence-corrected chi connectivity index (χ2v) is 8.71. The van der Waals surface area contributed by atoms with Crippen molar-refractivity contribution in [2.75, 3.05) is 14.2 Å². The molecular weight excluding hydrogens is 548 g/mol. The molecule has 0 aliphatic carbocycles. The maximum atomic E-state index is 6.28. The molecule has 0 aliphatic heterocycles. The third-order valence-corrected chi connectivity index (χ3v) is 6.74. The Morgan fingerprint density at radius 2 is 1.09 bits per heavy atom. The van der Waals surface area contributed by atoms with E-state index in [1.54, 1.807) is 14.2 Å². The average Bonchev–Trinajstić information content (AvgIpc) is 2.87. The van der Waals surface area contributed by atoms with Crippen LogP contribution in [0.1, 0.15) is 16.7 Å². The van der Waals surface area contributed by atoms with E-state index < -0.39 is 0 Å². The number of fused-ring (bicyclic) bond motifs is 1. The molecule has 4 aromatic rings. The molecule has 33 heavy (non-hydrogen) atoms. The number of hydrogen-bond donors (Lipinski definition) is 0. The molecule has 0 bridgehead atoms. The quantitative estimate of drug-likeness (QED) is 0.193. The minimum absolute atomic E-state index is 0.434. The molecule has 0 radical (unpaired) electrons. The highest BCUT2D eigenvalue weighted by molar-refractivity contribution is 9.11. The van der Waals surface area contributed by atoms with Gasteiger partial charge in [0.25, 0.3) is 0 Å². The fraction of sp³-hybridized carbons (Fsp3) is 0.185. The fourth-order valence-electron chi connectivity index (χ4n) is 3.76. The minimum atomic E-state index is 0.434. The van der Waals surface area contributed by atoms with E-state index in [-0.39, 0.29) is 0 Å². The van der Waals surface area contributed by atoms with Crippen LogP contribution in [0.3, 0.4) is 0 Å². The minimum Gasteiger partial charge on any atom is -0.496 e. The number of rotatable bonds is 9. The van der Waals surface area contributed by atoms with Gasteiger partial charge in [-0.15, -0.1) is 0 Å². The van der Waals surface area contributed by atoms with Gasteiger partial charge in [0.1, 0.15) is 36.2 Å². The lowest BCUT2D eigenvalue weighted by Gasteiger charge is -2.21. The van der Waals surface area contributed by atoms with Crippen LogP contribution in [0.2, 0.25) is 0 Å². The second kappa shape index (κ2) is 10.9. The maximum absolute atomic E-state index is 6.28. The smallest absolute Gasteiger partial charge is 0.145 e. The monoisotopic (exact) mass is 570 g/mol. The van der Waals surface area contributed by atoms with Gasteiger partial charge in [-0.1, -0.05) is 76.6 Å². The van der Waals surface area contributed by atoms with Crippen LogP contribution in [0.25, 0.3) is 10.8 Å². The van der Waals surface area contributed by atoms with Crippen molar-refractivity contribution in [3.8, 4) is 23.0 Å². The van der Waals surface area contributed by atoms with Crippen molar-refractivity contribution in [1.82, 2.24) is 0 Å². The molecule has 4 rings (SSSR count). The van der Waals surface area contributed by atoms with Crippen molar-refractivity contribution in [1.29, 1.82) is 0 Å². The molecule has 0 heterocycles. The number of methoxy groups -OCH3 is 2. The van der Waals surface area contributed by atoms with E-state index in [2.05, 4.69) is 31.9 Å². The van der Waals surface area contributed by atoms with Crippen LogP contribution in [0, 0.1) is 0 Å². The number of ether oxygens (including phenoxy) is 4. The molecular formula is C27H24Br2O4. The Morgan fingerprint density at radius 3 is 1.52 bits per heavy atom. The van der Waals surface area contributed by atoms with Gasteiger partial charge in [-0.05, 0) is 39.2 Å². The summed E-state index contributed by atoms with van der Waals surface area (Å²) in [5.74, 6) is 2.78. The van der Waals surface area contributed by atoms with Crippen LogP contribution in [-0.2, 0) is 18.5 Å². The summed E-state index contributed by atoms with van der Waals surface area (Å²) in [7, 11) is 3.32. The van der Waals surface area contributed by atoms with Gasteiger partial charge in [0, 0.05) is 10.9 Å². The molecule has 0 atom stereocenters. The van der Waals surface area contributed by atoms with Crippen molar-refractivity contribution < 1.29 is 18.9 Å². The lowest BCUT2D eigenvalue weighted by Crippen LogP contribution is -2.03. The van der Waals surface area contributed by atoms with Gasteiger partial charge in [0.05, 0.1) is 29.5 Å². The van der Waals surface area contributed by atoms with Gasteiger partial charge in [0.15, 0.2) is 0 Å². The van der Waals surface area contributed by atoms with Crippen molar-refractivity contribution >= 4 is 42.6 Å². The molecule has 4 nitrogen and oxygen atoms in total. The Bertz CT molecular complexity index is 1230. The van der Waals surface area contributed by atoms with Crippen LogP contribution in [0.4, 0.5) is 0 Å². The summed E-state index contributed by atoms with van der Waals surface area (Å²) in [6, 6.07) is 24.0. The summed E-state index contributed by atoms with van der Waals surface area (Å²) in [6.07, 6.45) is 0. The van der Waals surface area contributed by atoms with E-state index in [1.165, 1.54) is 0 Å². The highest BCUT2D eigenvalue weighted by Crippen LogP contribution is 2.51. The first-order valence-corrected chi connectivity index (χ1v) is 12.4. The highest BCUT2D eigenvalue weighted by Gasteiger charge is 2.25. The van der Waals surface area contributed by atoms with Gasteiger partial charge in [-0.2, -0.15) is 0 Å². The normalized spacial score (nSPS) is 10.8. The fourth-order valence-corrected chi connectivity index (χ4v) is 5.35. The molecule has 4 aromatic carbocycles. The predicted octanol–water partition coefficient (Wildman–Crippen LogP) is 7.67. The third-order valence-electron chi connectivity index (χ3n) is 5.34. The maximum Gasteiger partial charge on any atom is 0.145 e. The first kappa shape index (κ1) is 23.5. The van der Waals surface area contributed by atoms with Crippen LogP contribution in [0.15, 0.2) is 77.3 Å². The van der Waals surface area contributed by atoms with Crippen molar-refractivity contribution in [2.24, 2.45) is 0 Å². The lowest BCUT2D eigenvalue weighted by molar-refractivity contribution is 0.300. The third kappa shape index (κ3) is 4.97. The van der Waals surface area contributed by atoms with E-state index in [9.17, 15) is 0 Å². The van der Waals surface area contributed by atoms with Gasteiger partial charge in [0.2, 0.25) is 0 Å². The van der Waals surface area contributed by atoms with E-state index in [1.807, 2.05) is 72.8 Å². The topological polar surface area (TPSA) is 36.9 Å². The summed E-state index contributed by atoms with van der Waals surface area (Å²) in [6.45, 7) is 0.870. The molecule has 0 unspecified atom stereocenters. The van der Waals surface area contributed by atoms with E-state index in [0.717, 1.165) is 31.9 Å². The summed E-state index contributed by atoms with van der Waals surface area (Å²) < 4.78 is 25.1. The molecule has 0 spiro atoms. The van der Waals surface area contributed by atoms with Gasteiger partial charge in [-0.25, -0.2) is 0 Å². The zero-order valence-electron chi connectivity index (χ0n) is 18.4. The molecule has 6 heteroatoms. The lowest BCUT2D eigenvalue weighted by atomic mass is 10.0. The van der Waals surface area contributed by atoms with Crippen molar-refractivity contribution in [3.05, 3.63) is 94.0 Å². The van der Waals surface area contributed by atoms with Crippen LogP contribution in [0.5, 0.6) is 23.0 Å². The van der Waals surface area contributed by atoms with Gasteiger partial charge < -0.3 is 18.9 Å². The molecule has 0 saturated carbocycles. The molecule has 170 valence electrons. The highest BCUT2D eigenvalue weighted by atomic mass is 79.9. The summed E-state index contributed by atoms with van der Waals surface area (Å²) in [5, 5.41) is 2.19. The van der Waals surface area contributed by atoms with Crippen molar-refractivity contribution in [3.63, 3.8) is 0 Å². The Morgan fingerprint density at radius 1 is 0.636 bits per heavy atom. The Hall–Kier alpha value is -2.70. The zero-order chi connectivity index (χ0) is 23.2. The predicted molar refractivity (Wildman–Crippen MR) is 139 cm³/mol. The SMILES string of the molecule is COc1c(Br)c(CBr)c(OC)c2c(OCc3ccccc3)ccc(OCc3ccccc3)c12. The molecule has 0 N–H and O–H groups in total. The summed E-state index contributed by atoms with van der Waals surface area (Å²) in [5.41, 5.74) is 3.10. The Labute approximate surface area is 210 Å². The molecule has 0 saturated heterocycles. The number of alkyl halides is 1. The van der Waals surface area contributed by atoms with E-state index >= 15 is 0 Å². The van der Waals surface area contributed by atoms with E-state index in [4.69, 9.17) is 18.9 Å². The van der Waals surface area contributed by atoms with E-state index in [0.29, 0.717) is 41.5 Å². The molecule has 0 amide bonds. The van der Waals surface area contributed by atoms with Crippen LogP contribution >= 0.6 is 31.9 Å². The van der Waals surface area contributed by atoms with Gasteiger partial charge >= 0.3 is 0 Å². The average molecular weight is 572 g/mol. The Kier molecular flexibility index (Phi) is 7.78. The largest absolute Gasteiger partial charge is 0.496 e. The first-order chi connectivity index (χ1) is 16.2. The Balaban J connectivity index is 1.86. The molecule has 0 aromatic heterocycles. The first-order valence-electron chi connectivity index (χ1n) is 10.5. The molecule has 0 aliphatic rings. The number of benzene rings is 4.